The van der Waals surface area contributed by atoms with E-state index in [1.807, 2.05) is 6.92 Å². The van der Waals surface area contributed by atoms with E-state index < -0.39 is 26.1 Å². The quantitative estimate of drug-likeness (QED) is 0.607. The molecule has 0 aliphatic carbocycles. The summed E-state index contributed by atoms with van der Waals surface area (Å²) in [5.74, 6) is -0.202. The molecule has 1 fully saturated rings. The third-order valence-electron chi connectivity index (χ3n) is 4.42. The molecule has 1 aliphatic heterocycles. The van der Waals surface area contributed by atoms with Crippen molar-refractivity contribution in [3.05, 3.63) is 0 Å². The number of nitrogens with one attached hydrogen (secondary N) is 2. The molecule has 0 spiro atoms. The number of hydrogen-bond donors (Lipinski definition) is 2. The van der Waals surface area contributed by atoms with Crippen molar-refractivity contribution in [1.29, 1.82) is 0 Å². The molecule has 1 rings (SSSR count). The van der Waals surface area contributed by atoms with Crippen LogP contribution in [0.5, 0.6) is 0 Å². The first-order chi connectivity index (χ1) is 10.1. The minimum Gasteiger partial charge on any atom is -0.444 e. The van der Waals surface area contributed by atoms with Crippen LogP contribution in [0.25, 0.3) is 0 Å². The van der Waals surface area contributed by atoms with Gasteiger partial charge in [0.15, 0.2) is 8.32 Å². The first-order valence-electron chi connectivity index (χ1n) is 8.12. The normalized spacial score (nSPS) is 23.6. The minimum atomic E-state index is -1.94. The van der Waals surface area contributed by atoms with E-state index >= 15 is 0 Å². The number of carbonyl (C=O) groups excluding carboxylic acids is 2. The lowest BCUT2D eigenvalue weighted by Gasteiger charge is -2.45. The van der Waals surface area contributed by atoms with Crippen molar-refractivity contribution in [3.8, 4) is 0 Å². The number of amides is 2. The molecule has 1 aliphatic rings. The summed E-state index contributed by atoms with van der Waals surface area (Å²) < 4.78 is 11.5. The fourth-order valence-electron chi connectivity index (χ4n) is 2.10. The van der Waals surface area contributed by atoms with Gasteiger partial charge < -0.3 is 19.8 Å². The molecule has 134 valence electrons. The Bertz CT molecular complexity index is 466. The van der Waals surface area contributed by atoms with E-state index in [2.05, 4.69) is 44.5 Å². The fraction of sp³-hybridized carbons (Fsp3) is 0.875. The van der Waals surface area contributed by atoms with Crippen molar-refractivity contribution in [2.24, 2.45) is 0 Å². The summed E-state index contributed by atoms with van der Waals surface area (Å²) in [6.45, 7) is 18.1. The Morgan fingerprint density at radius 2 is 1.74 bits per heavy atom. The van der Waals surface area contributed by atoms with Gasteiger partial charge in [0.1, 0.15) is 11.6 Å². The molecule has 1 heterocycles. The maximum Gasteiger partial charge on any atom is 0.408 e. The van der Waals surface area contributed by atoms with Crippen LogP contribution in [-0.2, 0) is 14.0 Å². The first kappa shape index (κ1) is 20.0. The lowest BCUT2D eigenvalue weighted by atomic mass is 9.94. The van der Waals surface area contributed by atoms with E-state index in [0.717, 1.165) is 0 Å². The maximum atomic E-state index is 11.9. The second-order valence-electron chi connectivity index (χ2n) is 8.74. The molecular weight excluding hydrogens is 312 g/mol. The first-order valence-corrected chi connectivity index (χ1v) is 11.0. The topological polar surface area (TPSA) is 76.7 Å². The molecule has 0 saturated carbocycles. The van der Waals surface area contributed by atoms with Crippen LogP contribution in [0.1, 0.15) is 48.5 Å². The Balaban J connectivity index is 2.67. The summed E-state index contributed by atoms with van der Waals surface area (Å²) in [5, 5.41) is 5.55. The minimum absolute atomic E-state index is 0.0864. The van der Waals surface area contributed by atoms with Gasteiger partial charge in [-0.05, 0) is 45.8 Å². The van der Waals surface area contributed by atoms with E-state index in [1.165, 1.54) is 0 Å². The Morgan fingerprint density at radius 3 is 2.13 bits per heavy atom. The predicted octanol–water partition coefficient (Wildman–Crippen LogP) is 2.79. The van der Waals surface area contributed by atoms with Crippen LogP contribution in [0.2, 0.25) is 18.1 Å². The van der Waals surface area contributed by atoms with Crippen molar-refractivity contribution in [3.63, 3.8) is 0 Å². The number of rotatable bonds is 4. The summed E-state index contributed by atoms with van der Waals surface area (Å²) in [6.07, 6.45) is -0.754. The molecule has 6 nitrogen and oxygen atoms in total. The van der Waals surface area contributed by atoms with Crippen LogP contribution in [0.3, 0.4) is 0 Å². The lowest BCUT2D eigenvalue weighted by molar-refractivity contribution is -0.134. The Hall–Kier alpha value is -1.08. The van der Waals surface area contributed by atoms with Crippen molar-refractivity contribution in [1.82, 2.24) is 10.6 Å². The van der Waals surface area contributed by atoms with E-state index in [4.69, 9.17) is 9.16 Å². The summed E-state index contributed by atoms with van der Waals surface area (Å²) in [6, 6.07) is -0.839. The molecule has 0 unspecified atom stereocenters. The Morgan fingerprint density at radius 1 is 1.22 bits per heavy atom. The summed E-state index contributed by atoms with van der Waals surface area (Å²) in [4.78, 5) is 23.7. The van der Waals surface area contributed by atoms with Crippen LogP contribution < -0.4 is 10.6 Å². The van der Waals surface area contributed by atoms with Gasteiger partial charge in [0.2, 0.25) is 5.91 Å². The molecule has 2 amide bonds. The van der Waals surface area contributed by atoms with Crippen LogP contribution >= 0.6 is 0 Å². The van der Waals surface area contributed by atoms with Gasteiger partial charge >= 0.3 is 6.09 Å². The second-order valence-corrected chi connectivity index (χ2v) is 13.5. The monoisotopic (exact) mass is 344 g/mol. The van der Waals surface area contributed by atoms with Gasteiger partial charge in [-0.2, -0.15) is 0 Å². The Labute approximate surface area is 140 Å². The van der Waals surface area contributed by atoms with Gasteiger partial charge in [0.25, 0.3) is 0 Å². The van der Waals surface area contributed by atoms with Crippen LogP contribution in [0.4, 0.5) is 4.79 Å². The summed E-state index contributed by atoms with van der Waals surface area (Å²) in [7, 11) is -1.94. The van der Waals surface area contributed by atoms with Crippen LogP contribution in [0.15, 0.2) is 0 Å². The number of carbonyl (C=O) groups is 2. The molecule has 0 aromatic rings. The third kappa shape index (κ3) is 5.21. The number of β-lactam (4-membered cyclic amide) rings is 1. The molecule has 0 aromatic heterocycles. The van der Waals surface area contributed by atoms with Gasteiger partial charge in [-0.25, -0.2) is 4.79 Å². The average molecular weight is 345 g/mol. The smallest absolute Gasteiger partial charge is 0.408 e. The van der Waals surface area contributed by atoms with Crippen LogP contribution in [0, 0.1) is 0 Å². The van der Waals surface area contributed by atoms with E-state index in [0.29, 0.717) is 0 Å². The highest BCUT2D eigenvalue weighted by Crippen LogP contribution is 2.38. The number of hydrogen-bond acceptors (Lipinski definition) is 4. The lowest BCUT2D eigenvalue weighted by Crippen LogP contribution is -2.73. The largest absolute Gasteiger partial charge is 0.444 e. The van der Waals surface area contributed by atoms with Gasteiger partial charge in [0.05, 0.1) is 12.1 Å². The summed E-state index contributed by atoms with van der Waals surface area (Å²) >= 11 is 0. The van der Waals surface area contributed by atoms with E-state index in [-0.39, 0.29) is 23.1 Å². The highest BCUT2D eigenvalue weighted by atomic mass is 28.4. The fourth-order valence-corrected chi connectivity index (χ4v) is 3.53. The molecule has 3 atom stereocenters. The number of alkyl carbamates (subject to hydrolysis) is 1. The molecule has 2 N–H and O–H groups in total. The van der Waals surface area contributed by atoms with E-state index in [1.54, 1.807) is 20.8 Å². The highest BCUT2D eigenvalue weighted by molar-refractivity contribution is 6.74. The molecule has 23 heavy (non-hydrogen) atoms. The molecule has 0 aromatic carbocycles. The Kier molecular flexibility index (Phi) is 5.58. The molecular formula is C16H32N2O4Si. The van der Waals surface area contributed by atoms with Crippen molar-refractivity contribution < 1.29 is 18.8 Å². The standard InChI is InChI=1S/C16H32N2O4Si/c1-10(22-23(8,9)16(5,6)7)11-12(13(19)17-11)18-14(20)21-15(2,3)4/h10-12H,1-9H3,(H,17,19)(H,18,20)/t10-,11-,12+/m1/s1. The van der Waals surface area contributed by atoms with Gasteiger partial charge in [0, 0.05) is 0 Å². The van der Waals surface area contributed by atoms with Gasteiger partial charge in [-0.3, -0.25) is 4.79 Å². The number of ether oxygens (including phenoxy) is 1. The maximum absolute atomic E-state index is 11.9. The SMILES string of the molecule is C[C@@H](O[Si](C)(C)C(C)(C)C)[C@H]1NC(=O)[C@H]1NC(=O)OC(C)(C)C. The highest BCUT2D eigenvalue weighted by Gasteiger charge is 2.47. The van der Waals surface area contributed by atoms with Crippen molar-refractivity contribution >= 4 is 20.3 Å². The van der Waals surface area contributed by atoms with Crippen molar-refractivity contribution in [2.75, 3.05) is 0 Å². The molecule has 1 saturated heterocycles. The zero-order chi connectivity index (χ0) is 18.2. The summed E-state index contributed by atoms with van der Waals surface area (Å²) in [5.41, 5.74) is -0.594. The zero-order valence-corrected chi connectivity index (χ0v) is 16.9. The van der Waals surface area contributed by atoms with Crippen LogP contribution in [-0.4, -0.2) is 44.1 Å². The van der Waals surface area contributed by atoms with E-state index in [9.17, 15) is 9.59 Å². The van der Waals surface area contributed by atoms with Crippen molar-refractivity contribution in [2.45, 2.75) is 90.4 Å². The van der Waals surface area contributed by atoms with Gasteiger partial charge in [-0.15, -0.1) is 0 Å². The molecule has 7 heteroatoms. The third-order valence-corrected chi connectivity index (χ3v) is 8.99. The predicted molar refractivity (Wildman–Crippen MR) is 92.8 cm³/mol. The second kappa shape index (κ2) is 6.43. The van der Waals surface area contributed by atoms with Gasteiger partial charge in [-0.1, -0.05) is 20.8 Å². The average Bonchev–Trinajstić information content (AvgIpc) is 2.28. The zero-order valence-electron chi connectivity index (χ0n) is 15.9. The molecule has 0 bridgehead atoms. The molecule has 0 radical (unpaired) electrons.